The van der Waals surface area contributed by atoms with E-state index >= 15 is 0 Å². The molecule has 2 aromatic heterocycles. The van der Waals surface area contributed by atoms with Gasteiger partial charge in [0.1, 0.15) is 9.71 Å². The predicted octanol–water partition coefficient (Wildman–Crippen LogP) is 5.82. The van der Waals surface area contributed by atoms with E-state index in [0.29, 0.717) is 5.56 Å². The summed E-state index contributed by atoms with van der Waals surface area (Å²) in [5.41, 5.74) is 5.66. The van der Waals surface area contributed by atoms with E-state index in [1.165, 1.54) is 33.5 Å². The normalized spacial score (nSPS) is 11.5. The summed E-state index contributed by atoms with van der Waals surface area (Å²) in [7, 11) is 4.20. The average molecular weight is 488 g/mol. The summed E-state index contributed by atoms with van der Waals surface area (Å²) in [6.07, 6.45) is -4.70. The van der Waals surface area contributed by atoms with Crippen molar-refractivity contribution >= 4 is 33.0 Å². The molecule has 0 fully saturated rings. The Hall–Kier alpha value is -3.79. The van der Waals surface area contributed by atoms with Gasteiger partial charge >= 0.3 is 6.18 Å². The maximum absolute atomic E-state index is 14.0. The van der Waals surface area contributed by atoms with Crippen molar-refractivity contribution in [3.05, 3.63) is 64.5 Å². The number of alkyl halides is 3. The van der Waals surface area contributed by atoms with Crippen molar-refractivity contribution in [3.63, 3.8) is 0 Å². The van der Waals surface area contributed by atoms with Crippen LogP contribution in [0.3, 0.4) is 0 Å². The van der Waals surface area contributed by atoms with Gasteiger partial charge in [0.05, 0.1) is 38.3 Å². The molecule has 0 radical (unpaired) electrons. The number of ether oxygens (including phenoxy) is 3. The molecule has 10 heteroatoms. The second-order valence-corrected chi connectivity index (χ2v) is 8.19. The van der Waals surface area contributed by atoms with Gasteiger partial charge in [-0.25, -0.2) is 4.98 Å². The Bertz CT molecular complexity index is 1360. The topological polar surface area (TPSA) is 83.7 Å². The van der Waals surface area contributed by atoms with E-state index in [9.17, 15) is 18.0 Å². The molecule has 0 saturated heterocycles. The number of methoxy groups -OCH3 is 3. The van der Waals surface area contributed by atoms with Crippen LogP contribution in [0.4, 0.5) is 18.9 Å². The monoisotopic (exact) mass is 488 g/mol. The third-order valence-corrected chi connectivity index (χ3v) is 6.31. The molecule has 4 aromatic rings. The highest BCUT2D eigenvalue weighted by Gasteiger charge is 2.36. The molecule has 0 atom stereocenters. The van der Waals surface area contributed by atoms with Crippen molar-refractivity contribution < 1.29 is 32.2 Å². The number of thiophene rings is 1. The fourth-order valence-electron chi connectivity index (χ4n) is 3.61. The number of ketones is 1. The van der Waals surface area contributed by atoms with Gasteiger partial charge in [-0.1, -0.05) is 30.3 Å². The van der Waals surface area contributed by atoms with Gasteiger partial charge in [-0.3, -0.25) is 4.79 Å². The van der Waals surface area contributed by atoms with Crippen LogP contribution >= 0.6 is 11.3 Å². The van der Waals surface area contributed by atoms with Gasteiger partial charge in [-0.15, -0.1) is 11.3 Å². The Morgan fingerprint density at radius 3 is 2.12 bits per heavy atom. The van der Waals surface area contributed by atoms with E-state index in [1.807, 2.05) is 0 Å². The van der Waals surface area contributed by atoms with Gasteiger partial charge in [-0.05, 0) is 18.2 Å². The summed E-state index contributed by atoms with van der Waals surface area (Å²) in [4.78, 5) is 17.7. The number of aromatic nitrogens is 1. The molecule has 0 aliphatic carbocycles. The number of nitrogen functional groups attached to an aromatic ring is 1. The Morgan fingerprint density at radius 1 is 0.971 bits per heavy atom. The van der Waals surface area contributed by atoms with Crippen LogP contribution in [0.15, 0.2) is 48.5 Å². The SMILES string of the molecule is COc1cc(C(=O)c2sc3nc(-c4ccccc4)cc(C(F)(F)F)c3c2N)cc(OC)c1OC. The number of fused-ring (bicyclic) bond motifs is 1. The number of rotatable bonds is 6. The average Bonchev–Trinajstić information content (AvgIpc) is 3.18. The molecule has 0 amide bonds. The molecule has 2 heterocycles. The molecular formula is C24H19F3N2O4S. The molecule has 0 bridgehead atoms. The minimum absolute atomic E-state index is 0.0157. The minimum Gasteiger partial charge on any atom is -0.493 e. The first-order chi connectivity index (χ1) is 16.2. The molecule has 176 valence electrons. The molecule has 2 aromatic carbocycles. The molecule has 0 aliphatic heterocycles. The number of pyridine rings is 1. The highest BCUT2D eigenvalue weighted by atomic mass is 32.1. The third kappa shape index (κ3) is 4.01. The highest BCUT2D eigenvalue weighted by molar-refractivity contribution is 7.21. The summed E-state index contributed by atoms with van der Waals surface area (Å²) in [5, 5.41) is -0.298. The highest BCUT2D eigenvalue weighted by Crippen LogP contribution is 2.45. The Morgan fingerprint density at radius 2 is 1.59 bits per heavy atom. The quantitative estimate of drug-likeness (QED) is 0.344. The lowest BCUT2D eigenvalue weighted by Crippen LogP contribution is -2.08. The second-order valence-electron chi connectivity index (χ2n) is 7.19. The number of nitrogens with zero attached hydrogens (tertiary/aromatic N) is 1. The summed E-state index contributed by atoms with van der Waals surface area (Å²) >= 11 is 0.804. The van der Waals surface area contributed by atoms with Crippen molar-refractivity contribution in [1.29, 1.82) is 0 Å². The zero-order valence-corrected chi connectivity index (χ0v) is 19.1. The number of halogens is 3. The zero-order valence-electron chi connectivity index (χ0n) is 18.3. The number of carbonyl (C=O) groups is 1. The Kier molecular flexibility index (Phi) is 6.09. The van der Waals surface area contributed by atoms with Gasteiger partial charge in [0.15, 0.2) is 11.5 Å². The molecule has 0 unspecified atom stereocenters. The second kappa shape index (κ2) is 8.86. The lowest BCUT2D eigenvalue weighted by molar-refractivity contribution is -0.136. The van der Waals surface area contributed by atoms with Gasteiger partial charge in [0, 0.05) is 16.5 Å². The Balaban J connectivity index is 1.93. The van der Waals surface area contributed by atoms with E-state index in [0.717, 1.165) is 17.4 Å². The fourth-order valence-corrected chi connectivity index (χ4v) is 4.70. The van der Waals surface area contributed by atoms with E-state index in [-0.39, 0.29) is 49.3 Å². The van der Waals surface area contributed by atoms with Gasteiger partial charge in [-0.2, -0.15) is 13.2 Å². The lowest BCUT2D eigenvalue weighted by atomic mass is 10.0. The van der Waals surface area contributed by atoms with E-state index in [2.05, 4.69) is 4.98 Å². The zero-order chi connectivity index (χ0) is 24.6. The molecule has 4 rings (SSSR count). The van der Waals surface area contributed by atoms with Crippen LogP contribution in [0.2, 0.25) is 0 Å². The molecule has 0 saturated carbocycles. The minimum atomic E-state index is -4.70. The van der Waals surface area contributed by atoms with E-state index in [4.69, 9.17) is 19.9 Å². The number of hydrogen-bond acceptors (Lipinski definition) is 7. The maximum atomic E-state index is 14.0. The molecule has 0 spiro atoms. The number of carbonyl (C=O) groups excluding carboxylic acids is 1. The molecule has 34 heavy (non-hydrogen) atoms. The first-order valence-electron chi connectivity index (χ1n) is 9.90. The van der Waals surface area contributed by atoms with E-state index < -0.39 is 17.5 Å². The fraction of sp³-hybridized carbons (Fsp3) is 0.167. The van der Waals surface area contributed by atoms with Crippen molar-refractivity contribution in [2.24, 2.45) is 0 Å². The van der Waals surface area contributed by atoms with Crippen molar-refractivity contribution in [2.75, 3.05) is 27.1 Å². The third-order valence-electron chi connectivity index (χ3n) is 5.21. The lowest BCUT2D eigenvalue weighted by Gasteiger charge is -2.13. The Labute approximate surface area is 196 Å². The smallest absolute Gasteiger partial charge is 0.417 e. The van der Waals surface area contributed by atoms with Crippen LogP contribution < -0.4 is 19.9 Å². The van der Waals surface area contributed by atoms with Gasteiger partial charge in [0.2, 0.25) is 11.5 Å². The predicted molar refractivity (Wildman–Crippen MR) is 124 cm³/mol. The first kappa shape index (κ1) is 23.4. The van der Waals surface area contributed by atoms with E-state index in [1.54, 1.807) is 30.3 Å². The molecule has 0 aliphatic rings. The maximum Gasteiger partial charge on any atom is 0.417 e. The summed E-state index contributed by atoms with van der Waals surface area (Å²) in [6.45, 7) is 0. The van der Waals surface area contributed by atoms with Crippen LogP contribution in [0.25, 0.3) is 21.5 Å². The number of benzene rings is 2. The van der Waals surface area contributed by atoms with Crippen molar-refractivity contribution in [3.8, 4) is 28.5 Å². The van der Waals surface area contributed by atoms with Crippen LogP contribution in [0.1, 0.15) is 20.8 Å². The number of hydrogen-bond donors (Lipinski definition) is 1. The number of nitrogens with two attached hydrogens (primary N) is 1. The van der Waals surface area contributed by atoms with Gasteiger partial charge < -0.3 is 19.9 Å². The number of anilines is 1. The van der Waals surface area contributed by atoms with Crippen LogP contribution in [-0.4, -0.2) is 32.1 Å². The standard InChI is InChI=1S/C24H19F3N2O4S/c1-31-16-9-13(10-17(32-2)21(16)33-3)20(30)22-19(28)18-14(24(25,26)27)11-15(29-23(18)34-22)12-7-5-4-6-8-12/h4-11H,28H2,1-3H3. The summed E-state index contributed by atoms with van der Waals surface area (Å²) in [5.74, 6) is 0.143. The molecule has 2 N–H and O–H groups in total. The van der Waals surface area contributed by atoms with Crippen LogP contribution in [-0.2, 0) is 6.18 Å². The largest absolute Gasteiger partial charge is 0.493 e. The van der Waals surface area contributed by atoms with Gasteiger partial charge in [0.25, 0.3) is 0 Å². The molecular weight excluding hydrogens is 469 g/mol. The van der Waals surface area contributed by atoms with Crippen LogP contribution in [0.5, 0.6) is 17.2 Å². The summed E-state index contributed by atoms with van der Waals surface area (Å²) in [6, 6.07) is 12.3. The summed E-state index contributed by atoms with van der Waals surface area (Å²) < 4.78 is 57.8. The van der Waals surface area contributed by atoms with Crippen molar-refractivity contribution in [2.45, 2.75) is 6.18 Å². The molecule has 6 nitrogen and oxygen atoms in total. The van der Waals surface area contributed by atoms with Crippen molar-refractivity contribution in [1.82, 2.24) is 4.98 Å². The first-order valence-corrected chi connectivity index (χ1v) is 10.7. The van der Waals surface area contributed by atoms with Crippen LogP contribution in [0, 0.1) is 0 Å².